The molecule has 1 rings (SSSR count). The predicted octanol–water partition coefficient (Wildman–Crippen LogP) is 1.54. The highest BCUT2D eigenvalue weighted by molar-refractivity contribution is 7.85. The number of carbonyl (C=O) groups is 1. The van der Waals surface area contributed by atoms with E-state index in [9.17, 15) is 17.8 Å². The Morgan fingerprint density at radius 2 is 2.12 bits per heavy atom. The molecule has 17 heavy (non-hydrogen) atoms. The van der Waals surface area contributed by atoms with Crippen LogP contribution in [0.4, 0.5) is 8.78 Å². The fraction of sp³-hybridized carbons (Fsp3) is 0.364. The van der Waals surface area contributed by atoms with Gasteiger partial charge in [0.15, 0.2) is 5.78 Å². The Morgan fingerprint density at radius 3 is 2.76 bits per heavy atom. The number of ether oxygens (including phenoxy) is 1. The zero-order chi connectivity index (χ0) is 12.8. The molecule has 0 N–H and O–H groups in total. The summed E-state index contributed by atoms with van der Waals surface area (Å²) in [6.45, 7) is 0.255. The zero-order valence-electron chi connectivity index (χ0n) is 9.24. The first kappa shape index (κ1) is 13.9. The summed E-state index contributed by atoms with van der Waals surface area (Å²) < 4.78 is 42.1. The van der Waals surface area contributed by atoms with Crippen LogP contribution in [0, 0.1) is 11.6 Å². The maximum absolute atomic E-state index is 13.2. The highest BCUT2D eigenvalue weighted by Gasteiger charge is 2.15. The summed E-state index contributed by atoms with van der Waals surface area (Å²) in [5, 5.41) is 0. The lowest BCUT2D eigenvalue weighted by atomic mass is 10.1. The number of carbonyl (C=O) groups excluding carboxylic acids is 1. The standard InChI is InChI=1S/C11H12F2O3S/c1-16-4-5-17(15)7-11(14)9-6-8(12)2-3-10(9)13/h2-3,6H,4-5,7H2,1H3. The molecule has 0 radical (unpaired) electrons. The minimum Gasteiger partial charge on any atom is -0.384 e. The van der Waals surface area contributed by atoms with Crippen LogP contribution in [0.2, 0.25) is 0 Å². The summed E-state index contributed by atoms with van der Waals surface area (Å²) in [6, 6.07) is 2.61. The molecular weight excluding hydrogens is 250 g/mol. The van der Waals surface area contributed by atoms with Crippen LogP contribution in [-0.4, -0.2) is 35.2 Å². The summed E-state index contributed by atoms with van der Waals surface area (Å²) in [5.41, 5.74) is -0.365. The lowest BCUT2D eigenvalue weighted by Gasteiger charge is -2.03. The number of methoxy groups -OCH3 is 1. The van der Waals surface area contributed by atoms with Crippen LogP contribution >= 0.6 is 0 Å². The molecule has 0 bridgehead atoms. The topological polar surface area (TPSA) is 43.4 Å². The van der Waals surface area contributed by atoms with Gasteiger partial charge in [0.05, 0.1) is 17.9 Å². The Balaban J connectivity index is 2.69. The SMILES string of the molecule is COCCS(=O)CC(=O)c1cc(F)ccc1F. The van der Waals surface area contributed by atoms with Crippen molar-refractivity contribution in [1.82, 2.24) is 0 Å². The Hall–Kier alpha value is -1.14. The molecular formula is C11H12F2O3S. The molecule has 94 valence electrons. The van der Waals surface area contributed by atoms with E-state index in [0.29, 0.717) is 0 Å². The van der Waals surface area contributed by atoms with Crippen LogP contribution in [0.15, 0.2) is 18.2 Å². The van der Waals surface area contributed by atoms with Gasteiger partial charge >= 0.3 is 0 Å². The van der Waals surface area contributed by atoms with E-state index >= 15 is 0 Å². The number of rotatable bonds is 6. The van der Waals surface area contributed by atoms with E-state index in [1.807, 2.05) is 0 Å². The first-order valence-corrected chi connectivity index (χ1v) is 6.35. The van der Waals surface area contributed by atoms with Crippen LogP contribution in [0.1, 0.15) is 10.4 Å². The summed E-state index contributed by atoms with van der Waals surface area (Å²) in [6.07, 6.45) is 0. The number of hydrogen-bond donors (Lipinski definition) is 0. The molecule has 0 aliphatic carbocycles. The zero-order valence-corrected chi connectivity index (χ0v) is 10.1. The maximum Gasteiger partial charge on any atom is 0.178 e. The van der Waals surface area contributed by atoms with Crippen molar-refractivity contribution < 1.29 is 22.5 Å². The first-order valence-electron chi connectivity index (χ1n) is 4.86. The lowest BCUT2D eigenvalue weighted by molar-refractivity contribution is 0.101. The molecule has 0 aliphatic heterocycles. The van der Waals surface area contributed by atoms with Crippen LogP contribution < -0.4 is 0 Å². The van der Waals surface area contributed by atoms with Crippen molar-refractivity contribution in [2.45, 2.75) is 0 Å². The molecule has 0 spiro atoms. The van der Waals surface area contributed by atoms with Gasteiger partial charge in [-0.2, -0.15) is 0 Å². The van der Waals surface area contributed by atoms with Gasteiger partial charge in [0.1, 0.15) is 11.6 Å². The Bertz CT molecular complexity index is 435. The van der Waals surface area contributed by atoms with Crippen molar-refractivity contribution in [2.75, 3.05) is 25.2 Å². The van der Waals surface area contributed by atoms with E-state index in [1.54, 1.807) is 0 Å². The third-order valence-electron chi connectivity index (χ3n) is 2.04. The number of ketones is 1. The fourth-order valence-electron chi connectivity index (χ4n) is 1.18. The van der Waals surface area contributed by atoms with Crippen LogP contribution in [-0.2, 0) is 15.5 Å². The number of hydrogen-bond acceptors (Lipinski definition) is 3. The minimum absolute atomic E-state index is 0.194. The Kier molecular flexibility index (Phi) is 5.37. The van der Waals surface area contributed by atoms with E-state index in [2.05, 4.69) is 0 Å². The number of halogens is 2. The van der Waals surface area contributed by atoms with Crippen LogP contribution in [0.25, 0.3) is 0 Å². The van der Waals surface area contributed by atoms with Crippen LogP contribution in [0.3, 0.4) is 0 Å². The predicted molar refractivity (Wildman–Crippen MR) is 60.4 cm³/mol. The van der Waals surface area contributed by atoms with Gasteiger partial charge in [-0.3, -0.25) is 9.00 Å². The summed E-state index contributed by atoms with van der Waals surface area (Å²) >= 11 is 0. The van der Waals surface area contributed by atoms with Gasteiger partial charge < -0.3 is 4.74 Å². The lowest BCUT2D eigenvalue weighted by Crippen LogP contribution is -2.16. The molecule has 3 nitrogen and oxygen atoms in total. The molecule has 1 aromatic carbocycles. The molecule has 0 saturated heterocycles. The molecule has 0 aromatic heterocycles. The molecule has 1 atom stereocenters. The third-order valence-corrected chi connectivity index (χ3v) is 3.24. The van der Waals surface area contributed by atoms with Gasteiger partial charge in [-0.1, -0.05) is 0 Å². The molecule has 0 aliphatic rings. The number of benzene rings is 1. The van der Waals surface area contributed by atoms with Crippen molar-refractivity contribution in [1.29, 1.82) is 0 Å². The Labute approximate surface area is 100 Å². The van der Waals surface area contributed by atoms with Crippen molar-refractivity contribution >= 4 is 16.6 Å². The number of Topliss-reactive ketones (excluding diaryl/α,β-unsaturated/α-hetero) is 1. The minimum atomic E-state index is -1.43. The van der Waals surface area contributed by atoms with E-state index in [1.165, 1.54) is 7.11 Å². The van der Waals surface area contributed by atoms with Gasteiger partial charge in [0.25, 0.3) is 0 Å². The highest BCUT2D eigenvalue weighted by atomic mass is 32.2. The quantitative estimate of drug-likeness (QED) is 0.730. The molecule has 6 heteroatoms. The first-order chi connectivity index (χ1) is 8.04. The van der Waals surface area contributed by atoms with E-state index in [0.717, 1.165) is 18.2 Å². The van der Waals surface area contributed by atoms with Gasteiger partial charge in [0.2, 0.25) is 0 Å². The van der Waals surface area contributed by atoms with E-state index in [4.69, 9.17) is 4.74 Å². The summed E-state index contributed by atoms with van der Waals surface area (Å²) in [5.74, 6) is -2.31. The largest absolute Gasteiger partial charge is 0.384 e. The second-order valence-corrected chi connectivity index (χ2v) is 4.91. The second kappa shape index (κ2) is 6.56. The third kappa shape index (κ3) is 4.32. The molecule has 0 heterocycles. The molecule has 1 unspecified atom stereocenters. The van der Waals surface area contributed by atoms with Gasteiger partial charge in [-0.05, 0) is 18.2 Å². The van der Waals surface area contributed by atoms with Crippen LogP contribution in [0.5, 0.6) is 0 Å². The second-order valence-electron chi connectivity index (χ2n) is 3.33. The Morgan fingerprint density at radius 1 is 1.41 bits per heavy atom. The van der Waals surface area contributed by atoms with Gasteiger partial charge in [-0.15, -0.1) is 0 Å². The van der Waals surface area contributed by atoms with Gasteiger partial charge in [-0.25, -0.2) is 8.78 Å². The summed E-state index contributed by atoms with van der Waals surface area (Å²) in [7, 11) is 0.0206. The average Bonchev–Trinajstić information content (AvgIpc) is 2.29. The monoisotopic (exact) mass is 262 g/mol. The molecule has 0 fully saturated rings. The fourth-order valence-corrected chi connectivity index (χ4v) is 2.13. The highest BCUT2D eigenvalue weighted by Crippen LogP contribution is 2.11. The van der Waals surface area contributed by atoms with Crippen molar-refractivity contribution in [3.8, 4) is 0 Å². The van der Waals surface area contributed by atoms with Crippen molar-refractivity contribution in [3.05, 3.63) is 35.4 Å². The summed E-state index contributed by atoms with van der Waals surface area (Å²) in [4.78, 5) is 11.6. The van der Waals surface area contributed by atoms with Crippen molar-refractivity contribution in [2.24, 2.45) is 0 Å². The van der Waals surface area contributed by atoms with E-state index in [-0.39, 0.29) is 23.7 Å². The maximum atomic E-state index is 13.2. The van der Waals surface area contributed by atoms with Gasteiger partial charge in [0, 0.05) is 23.7 Å². The van der Waals surface area contributed by atoms with E-state index < -0.39 is 28.2 Å². The molecule has 1 aromatic rings. The molecule has 0 saturated carbocycles. The average molecular weight is 262 g/mol. The normalized spacial score (nSPS) is 12.4. The van der Waals surface area contributed by atoms with Crippen molar-refractivity contribution in [3.63, 3.8) is 0 Å². The molecule has 0 amide bonds. The smallest absolute Gasteiger partial charge is 0.178 e.